The Kier molecular flexibility index (Phi) is 4.80. The molecule has 0 saturated heterocycles. The molecule has 5 atom stereocenters. The Bertz CT molecular complexity index is 632. The zero-order valence-electron chi connectivity index (χ0n) is 17.2. The molecule has 0 radical (unpaired) electrons. The van der Waals surface area contributed by atoms with Crippen LogP contribution in [-0.2, 0) is 18.8 Å². The summed E-state index contributed by atoms with van der Waals surface area (Å²) in [6, 6.07) is 0. The smallest absolute Gasteiger partial charge is 0.316 e. The van der Waals surface area contributed by atoms with Crippen LogP contribution in [0.4, 0.5) is 0 Å². The van der Waals surface area contributed by atoms with Crippen molar-refractivity contribution in [2.45, 2.75) is 65.1 Å². The molecule has 4 nitrogen and oxygen atoms in total. The highest BCUT2D eigenvalue weighted by molar-refractivity contribution is 6.74. The molecule has 146 valence electrons. The molecule has 0 unspecified atom stereocenters. The lowest BCUT2D eigenvalue weighted by Gasteiger charge is -2.53. The molecular formula is C21H34O4Si. The van der Waals surface area contributed by atoms with E-state index in [1.165, 1.54) is 0 Å². The van der Waals surface area contributed by atoms with Crippen molar-refractivity contribution in [3.63, 3.8) is 0 Å². The number of carbonyl (C=O) groups is 2. The van der Waals surface area contributed by atoms with Crippen LogP contribution in [0.2, 0.25) is 18.1 Å². The minimum atomic E-state index is -1.97. The topological polar surface area (TPSA) is 52.6 Å². The first-order valence-electron chi connectivity index (χ1n) is 10.0. The third kappa shape index (κ3) is 2.57. The predicted molar refractivity (Wildman–Crippen MR) is 104 cm³/mol. The second-order valence-electron chi connectivity index (χ2n) is 9.87. The third-order valence-corrected chi connectivity index (χ3v) is 12.3. The van der Waals surface area contributed by atoms with Gasteiger partial charge in [0.2, 0.25) is 0 Å². The summed E-state index contributed by atoms with van der Waals surface area (Å²) in [5, 5.41) is 0.0942. The predicted octanol–water partition coefficient (Wildman–Crippen LogP) is 4.36. The number of ketones is 1. The summed E-state index contributed by atoms with van der Waals surface area (Å²) in [7, 11) is -1.97. The van der Waals surface area contributed by atoms with Crippen molar-refractivity contribution in [2.24, 2.45) is 29.1 Å². The second-order valence-corrected chi connectivity index (χ2v) is 14.7. The van der Waals surface area contributed by atoms with Gasteiger partial charge in [0.1, 0.15) is 5.78 Å². The number of hydrogen-bond donors (Lipinski definition) is 0. The molecule has 4 rings (SSSR count). The highest BCUT2D eigenvalue weighted by Gasteiger charge is 2.70. The van der Waals surface area contributed by atoms with Crippen molar-refractivity contribution in [2.75, 3.05) is 13.2 Å². The first kappa shape index (κ1) is 19.8. The number of Topliss-reactive ketones (excluding diaryl/α,β-unsaturated/α-hetero) is 1. The molecule has 0 heterocycles. The molecule has 0 aromatic rings. The zero-order valence-corrected chi connectivity index (χ0v) is 18.2. The molecule has 0 aliphatic heterocycles. The highest BCUT2D eigenvalue weighted by atomic mass is 28.4. The van der Waals surface area contributed by atoms with Crippen molar-refractivity contribution in [3.8, 4) is 0 Å². The van der Waals surface area contributed by atoms with Crippen LogP contribution in [-0.4, -0.2) is 33.3 Å². The number of rotatable bonds is 5. The normalized spacial score (nSPS) is 36.5. The fourth-order valence-electron chi connectivity index (χ4n) is 5.37. The highest BCUT2D eigenvalue weighted by Crippen LogP contribution is 2.67. The molecule has 4 saturated carbocycles. The van der Waals surface area contributed by atoms with E-state index in [-0.39, 0.29) is 34.7 Å². The van der Waals surface area contributed by atoms with Crippen LogP contribution < -0.4 is 0 Å². The van der Waals surface area contributed by atoms with E-state index in [1.807, 2.05) is 6.92 Å². The van der Waals surface area contributed by atoms with Crippen molar-refractivity contribution < 1.29 is 18.8 Å². The lowest BCUT2D eigenvalue weighted by Crippen LogP contribution is -2.60. The lowest BCUT2D eigenvalue weighted by molar-refractivity contribution is -0.175. The van der Waals surface area contributed by atoms with Crippen molar-refractivity contribution in [1.29, 1.82) is 0 Å². The average molecular weight is 379 g/mol. The minimum absolute atomic E-state index is 0.0326. The first-order valence-corrected chi connectivity index (χ1v) is 12.9. The zero-order chi connectivity index (χ0) is 19.5. The SMILES string of the molecule is C=C1C[C@@H]2C(=O)[C@H]3CC[C@@H]2[C@]1(C(=O)OCC)[C@H]3CO[Si](C)(C)C(C)(C)C. The van der Waals surface area contributed by atoms with E-state index in [9.17, 15) is 9.59 Å². The molecule has 4 fully saturated rings. The van der Waals surface area contributed by atoms with Crippen LogP contribution in [0, 0.1) is 29.1 Å². The van der Waals surface area contributed by atoms with Crippen molar-refractivity contribution in [3.05, 3.63) is 12.2 Å². The summed E-state index contributed by atoms with van der Waals surface area (Å²) in [6.07, 6.45) is 2.45. The average Bonchev–Trinajstić information content (AvgIpc) is 2.81. The Morgan fingerprint density at radius 1 is 1.27 bits per heavy atom. The number of carbonyl (C=O) groups excluding carboxylic acids is 2. The maximum absolute atomic E-state index is 13.2. The summed E-state index contributed by atoms with van der Waals surface area (Å²) in [5.74, 6) is -0.0110. The Balaban J connectivity index is 1.97. The van der Waals surface area contributed by atoms with Gasteiger partial charge in [0.25, 0.3) is 0 Å². The van der Waals surface area contributed by atoms with Crippen LogP contribution in [0.3, 0.4) is 0 Å². The first-order chi connectivity index (χ1) is 12.0. The van der Waals surface area contributed by atoms with Gasteiger partial charge in [-0.15, -0.1) is 0 Å². The van der Waals surface area contributed by atoms with Gasteiger partial charge in [-0.3, -0.25) is 9.59 Å². The fraction of sp³-hybridized carbons (Fsp3) is 0.810. The molecule has 0 aromatic heterocycles. The number of hydrogen-bond acceptors (Lipinski definition) is 4. The van der Waals surface area contributed by atoms with Crippen LogP contribution >= 0.6 is 0 Å². The molecule has 4 bridgehead atoms. The van der Waals surface area contributed by atoms with Gasteiger partial charge in [-0.1, -0.05) is 32.9 Å². The molecule has 4 aliphatic rings. The summed E-state index contributed by atoms with van der Waals surface area (Å²) < 4.78 is 12.1. The largest absolute Gasteiger partial charge is 0.465 e. The fourth-order valence-corrected chi connectivity index (χ4v) is 6.40. The van der Waals surface area contributed by atoms with E-state index in [4.69, 9.17) is 9.16 Å². The van der Waals surface area contributed by atoms with E-state index in [0.717, 1.165) is 18.4 Å². The maximum Gasteiger partial charge on any atom is 0.316 e. The van der Waals surface area contributed by atoms with Gasteiger partial charge in [0, 0.05) is 24.4 Å². The van der Waals surface area contributed by atoms with Gasteiger partial charge in [0.15, 0.2) is 8.32 Å². The van der Waals surface area contributed by atoms with Crippen LogP contribution in [0.25, 0.3) is 0 Å². The van der Waals surface area contributed by atoms with Crippen LogP contribution in [0.5, 0.6) is 0 Å². The lowest BCUT2D eigenvalue weighted by atomic mass is 9.49. The molecule has 0 aromatic carbocycles. The van der Waals surface area contributed by atoms with E-state index >= 15 is 0 Å². The number of fused-ring (bicyclic) bond motifs is 1. The van der Waals surface area contributed by atoms with Gasteiger partial charge in [0.05, 0.1) is 12.0 Å². The summed E-state index contributed by atoms with van der Waals surface area (Å²) in [6.45, 7) is 18.0. The molecular weight excluding hydrogens is 344 g/mol. The Morgan fingerprint density at radius 2 is 1.92 bits per heavy atom. The standard InChI is InChI=1S/C21H34O4Si/c1-8-24-19(23)21-13(2)11-15-16(21)10-9-14(18(15)22)17(21)12-25-26(6,7)20(3,4)5/h14-17H,2,8-12H2,1,3-7H3/t14-,15-,16-,17-,21-/m0/s1. The number of esters is 1. The molecule has 26 heavy (non-hydrogen) atoms. The molecule has 5 heteroatoms. The molecule has 0 N–H and O–H groups in total. The van der Waals surface area contributed by atoms with Crippen molar-refractivity contribution >= 4 is 20.1 Å². The molecule has 0 amide bonds. The summed E-state index contributed by atoms with van der Waals surface area (Å²) in [4.78, 5) is 26.2. The van der Waals surface area contributed by atoms with E-state index in [2.05, 4.69) is 40.4 Å². The van der Waals surface area contributed by atoms with E-state index in [1.54, 1.807) is 0 Å². The minimum Gasteiger partial charge on any atom is -0.465 e. The second kappa shape index (κ2) is 6.30. The third-order valence-electron chi connectivity index (χ3n) is 7.76. The monoisotopic (exact) mass is 378 g/mol. The van der Waals surface area contributed by atoms with Crippen LogP contribution in [0.1, 0.15) is 47.0 Å². The van der Waals surface area contributed by atoms with Crippen LogP contribution in [0.15, 0.2) is 12.2 Å². The van der Waals surface area contributed by atoms with Gasteiger partial charge in [-0.2, -0.15) is 0 Å². The maximum atomic E-state index is 13.2. The van der Waals surface area contributed by atoms with E-state index in [0.29, 0.717) is 25.4 Å². The Hall–Kier alpha value is -0.943. The van der Waals surface area contributed by atoms with Crippen molar-refractivity contribution in [1.82, 2.24) is 0 Å². The van der Waals surface area contributed by atoms with E-state index < -0.39 is 13.7 Å². The van der Waals surface area contributed by atoms with Gasteiger partial charge in [-0.05, 0) is 50.2 Å². The molecule has 0 spiro atoms. The summed E-state index contributed by atoms with van der Waals surface area (Å²) in [5.41, 5.74) is 0.199. The number of ether oxygens (including phenoxy) is 1. The summed E-state index contributed by atoms with van der Waals surface area (Å²) >= 11 is 0. The van der Waals surface area contributed by atoms with Gasteiger partial charge >= 0.3 is 5.97 Å². The Labute approximate surface area is 158 Å². The van der Waals surface area contributed by atoms with Gasteiger partial charge in [-0.25, -0.2) is 0 Å². The molecule has 4 aliphatic carbocycles. The van der Waals surface area contributed by atoms with Gasteiger partial charge < -0.3 is 9.16 Å². The quantitative estimate of drug-likeness (QED) is 0.405. The Morgan fingerprint density at radius 3 is 2.50 bits per heavy atom.